The third kappa shape index (κ3) is 16.6. The van der Waals surface area contributed by atoms with E-state index in [1.807, 2.05) is 42.5 Å². The first-order valence-corrected chi connectivity index (χ1v) is 26.4. The molecule has 0 bridgehead atoms. The molecule has 0 atom stereocenters. The van der Waals surface area contributed by atoms with Crippen molar-refractivity contribution in [3.05, 3.63) is 103 Å². The number of para-hydroxylation sites is 4. The number of nitrogens with two attached hydrogens (primary N) is 1. The van der Waals surface area contributed by atoms with E-state index < -0.39 is 17.9 Å². The Morgan fingerprint density at radius 1 is 0.625 bits per heavy atom. The van der Waals surface area contributed by atoms with E-state index in [0.29, 0.717) is 43.2 Å². The number of hydrogen-bond donors (Lipinski definition) is 5. The molecule has 388 valence electrons. The quantitative estimate of drug-likeness (QED) is 0.0536. The monoisotopic (exact) mass is 1080 g/mol. The van der Waals surface area contributed by atoms with Crippen molar-refractivity contribution in [3.8, 4) is 0 Å². The van der Waals surface area contributed by atoms with Gasteiger partial charge in [-0.1, -0.05) is 24.3 Å². The summed E-state index contributed by atoms with van der Waals surface area (Å²) in [6.07, 6.45) is 4.66. The number of nitrogens with zero attached hydrogens (tertiary/aromatic N) is 4. The molecule has 4 aromatic heterocycles. The van der Waals surface area contributed by atoms with E-state index in [1.54, 1.807) is 28.3 Å². The second-order valence-electron chi connectivity index (χ2n) is 18.3. The molecule has 22 heteroatoms. The fourth-order valence-electron chi connectivity index (χ4n) is 7.66. The second kappa shape index (κ2) is 26.2. The molecule has 1 amide bonds. The van der Waals surface area contributed by atoms with Crippen LogP contribution in [0.1, 0.15) is 108 Å². The Bertz CT molecular complexity index is 2710. The number of carboxylic acid groups (broad SMARTS) is 1. The molecular formula is C50H63ClN8O9S4. The van der Waals surface area contributed by atoms with Crippen LogP contribution in [-0.4, -0.2) is 103 Å². The topological polar surface area (TPSA) is 220 Å². The number of benzene rings is 2. The number of nitrogens with one attached hydrogen (secondary N) is 3. The van der Waals surface area contributed by atoms with Crippen LogP contribution in [0.5, 0.6) is 0 Å². The van der Waals surface area contributed by atoms with Gasteiger partial charge in [-0.3, -0.25) is 4.79 Å². The molecule has 2 saturated heterocycles. The lowest BCUT2D eigenvalue weighted by Gasteiger charge is -2.37. The zero-order valence-electron chi connectivity index (χ0n) is 41.5. The van der Waals surface area contributed by atoms with Gasteiger partial charge < -0.3 is 55.5 Å². The average Bonchev–Trinajstić information content (AvgIpc) is 4.19. The maximum absolute atomic E-state index is 13.0. The van der Waals surface area contributed by atoms with E-state index in [2.05, 4.69) is 88.1 Å². The third-order valence-electron chi connectivity index (χ3n) is 10.7. The number of thiazole rings is 2. The number of piperidine rings is 2. The van der Waals surface area contributed by atoms with E-state index in [-0.39, 0.29) is 41.3 Å². The second-order valence-corrected chi connectivity index (χ2v) is 21.9. The van der Waals surface area contributed by atoms with E-state index in [4.69, 9.17) is 25.1 Å². The minimum atomic E-state index is -1.09. The molecule has 6 heterocycles. The molecule has 72 heavy (non-hydrogen) atoms. The van der Waals surface area contributed by atoms with Crippen molar-refractivity contribution in [3.63, 3.8) is 0 Å². The van der Waals surface area contributed by atoms with Gasteiger partial charge in [0.2, 0.25) is 0 Å². The number of ether oxygens (including phenoxy) is 4. The smallest absolute Gasteiger partial charge is 0.355 e. The van der Waals surface area contributed by atoms with Crippen LogP contribution >= 0.6 is 57.8 Å². The van der Waals surface area contributed by atoms with Crippen molar-refractivity contribution < 1.29 is 43.2 Å². The summed E-state index contributed by atoms with van der Waals surface area (Å²) < 4.78 is 21.6. The highest BCUT2D eigenvalue weighted by Gasteiger charge is 2.27. The standard InChI is InChI=1S/C25H30N4O4S2.C15H24N2O.C10H8N2O4S2.ClH/c1-25(2,3)33-16-9-12-29(13-10-16)20-8-6-5-7-17(20)26-22(30)19-15-35-24(28-19)27-18-11-14-34-21(18)23(31)32-4;1-15(2,3)18-12-8-10-17(11-9-12)14-7-5-4-6-13(14)16;1-16-9(15)7-5(2-3-17-7)11-10-12-6(4-18-10)8(13)14;/h5-8,11,14-16H,9-10,12-13H2,1-4H3,(H,26,30)(H,27,28);4-7,12H,8-11,16H2,1-3H3;2-4H,1H3,(H,11,12)(H,13,14);1H. The lowest BCUT2D eigenvalue weighted by molar-refractivity contribution is -0.0687. The van der Waals surface area contributed by atoms with Crippen LogP contribution in [0.15, 0.2) is 82.2 Å². The normalized spacial score (nSPS) is 14.1. The van der Waals surface area contributed by atoms with E-state index in [9.17, 15) is 19.2 Å². The number of rotatable bonds is 13. The summed E-state index contributed by atoms with van der Waals surface area (Å²) in [6, 6.07) is 19.4. The van der Waals surface area contributed by atoms with Gasteiger partial charge in [0.15, 0.2) is 16.0 Å². The van der Waals surface area contributed by atoms with Crippen molar-refractivity contribution >= 4 is 126 Å². The van der Waals surface area contributed by atoms with E-state index in [0.717, 1.165) is 85.9 Å². The number of amides is 1. The van der Waals surface area contributed by atoms with Gasteiger partial charge in [0.1, 0.15) is 15.4 Å². The first kappa shape index (κ1) is 57.1. The fourth-order valence-corrected chi connectivity index (χ4v) is 10.6. The van der Waals surface area contributed by atoms with Crippen LogP contribution < -0.4 is 31.5 Å². The number of carbonyl (C=O) groups excluding carboxylic acids is 3. The highest BCUT2D eigenvalue weighted by Crippen LogP contribution is 2.33. The SMILES string of the molecule is CC(C)(C)OC1CCN(c2ccccc2N)CC1.COC(=O)c1sccc1Nc1nc(C(=O)Nc2ccccc2N2CCC(OC(C)(C)C)CC2)cs1.COC(=O)c1sccc1Nc1nc(C(=O)O)cs1.Cl. The number of carbonyl (C=O) groups is 4. The number of aromatic carboxylic acids is 1. The number of halogens is 1. The van der Waals surface area contributed by atoms with Gasteiger partial charge in [-0.15, -0.1) is 57.8 Å². The van der Waals surface area contributed by atoms with Gasteiger partial charge in [0, 0.05) is 36.9 Å². The molecular weight excluding hydrogens is 1020 g/mol. The number of hydrogen-bond acceptors (Lipinski definition) is 19. The molecule has 2 fully saturated rings. The molecule has 2 aliphatic heterocycles. The Morgan fingerprint density at radius 3 is 1.50 bits per heavy atom. The number of anilines is 8. The van der Waals surface area contributed by atoms with Crippen LogP contribution in [0.4, 0.5) is 44.4 Å². The summed E-state index contributed by atoms with van der Waals surface area (Å²) in [6.45, 7) is 16.4. The summed E-state index contributed by atoms with van der Waals surface area (Å²) in [5.74, 6) is -2.23. The molecule has 8 rings (SSSR count). The fraction of sp³-hybridized carbons (Fsp3) is 0.400. The maximum Gasteiger partial charge on any atom is 0.355 e. The molecule has 0 radical (unpaired) electrons. The first-order chi connectivity index (χ1) is 33.8. The Kier molecular flexibility index (Phi) is 20.8. The lowest BCUT2D eigenvalue weighted by Crippen LogP contribution is -2.40. The minimum absolute atomic E-state index is 0. The van der Waals surface area contributed by atoms with Gasteiger partial charge in [-0.2, -0.15) is 0 Å². The zero-order valence-corrected chi connectivity index (χ0v) is 45.6. The number of methoxy groups -OCH3 is 2. The van der Waals surface area contributed by atoms with Crippen molar-refractivity contribution in [2.75, 3.05) is 71.9 Å². The van der Waals surface area contributed by atoms with Crippen molar-refractivity contribution in [2.45, 2.75) is 90.6 Å². The van der Waals surface area contributed by atoms with Gasteiger partial charge >= 0.3 is 17.9 Å². The molecule has 2 aliphatic rings. The molecule has 2 aromatic carbocycles. The number of carboxylic acids is 1. The van der Waals surface area contributed by atoms with Gasteiger partial charge in [-0.05, 0) is 114 Å². The maximum atomic E-state index is 13.0. The molecule has 0 aliphatic carbocycles. The van der Waals surface area contributed by atoms with Crippen LogP contribution in [0, 0.1) is 0 Å². The Hall–Kier alpha value is -5.81. The summed E-state index contributed by atoms with van der Waals surface area (Å²) in [4.78, 5) is 60.8. The Balaban J connectivity index is 0.000000219. The number of thiophene rings is 2. The molecule has 0 unspecified atom stereocenters. The van der Waals surface area contributed by atoms with Gasteiger partial charge in [0.25, 0.3) is 5.91 Å². The predicted molar refractivity (Wildman–Crippen MR) is 294 cm³/mol. The van der Waals surface area contributed by atoms with Crippen LogP contribution in [0.2, 0.25) is 0 Å². The zero-order chi connectivity index (χ0) is 51.3. The van der Waals surface area contributed by atoms with E-state index in [1.165, 1.54) is 53.6 Å². The Morgan fingerprint density at radius 2 is 1.06 bits per heavy atom. The van der Waals surface area contributed by atoms with Crippen LogP contribution in [0.25, 0.3) is 0 Å². The summed E-state index contributed by atoms with van der Waals surface area (Å²) in [7, 11) is 2.65. The van der Waals surface area contributed by atoms with Crippen LogP contribution in [-0.2, 0) is 18.9 Å². The molecule has 6 N–H and O–H groups in total. The molecule has 0 saturated carbocycles. The molecule has 17 nitrogen and oxygen atoms in total. The largest absolute Gasteiger partial charge is 0.476 e. The van der Waals surface area contributed by atoms with E-state index >= 15 is 0 Å². The number of aromatic nitrogens is 2. The number of esters is 2. The first-order valence-electron chi connectivity index (χ1n) is 22.9. The van der Waals surface area contributed by atoms with Gasteiger partial charge in [-0.25, -0.2) is 24.4 Å². The highest BCUT2D eigenvalue weighted by atomic mass is 35.5. The minimum Gasteiger partial charge on any atom is -0.476 e. The number of nitrogen functional groups attached to an aromatic ring is 1. The summed E-state index contributed by atoms with van der Waals surface area (Å²) >= 11 is 4.97. The highest BCUT2D eigenvalue weighted by molar-refractivity contribution is 7.15. The Labute approximate surface area is 442 Å². The summed E-state index contributed by atoms with van der Waals surface area (Å²) in [5.41, 5.74) is 11.0. The lowest BCUT2D eigenvalue weighted by atomic mass is 10.0. The average molecular weight is 1080 g/mol. The summed E-state index contributed by atoms with van der Waals surface area (Å²) in [5, 5.41) is 25.4. The van der Waals surface area contributed by atoms with Crippen molar-refractivity contribution in [1.82, 2.24) is 9.97 Å². The van der Waals surface area contributed by atoms with Crippen LogP contribution in [0.3, 0.4) is 0 Å². The molecule has 0 spiro atoms. The van der Waals surface area contributed by atoms with Gasteiger partial charge in [0.05, 0.1) is 71.8 Å². The molecule has 6 aromatic rings. The van der Waals surface area contributed by atoms with Crippen molar-refractivity contribution in [1.29, 1.82) is 0 Å². The third-order valence-corrected chi connectivity index (χ3v) is 14.0. The predicted octanol–water partition coefficient (Wildman–Crippen LogP) is 11.7. The van der Waals surface area contributed by atoms with Crippen molar-refractivity contribution in [2.24, 2.45) is 0 Å².